The van der Waals surface area contributed by atoms with Crippen molar-refractivity contribution in [3.05, 3.63) is 17.8 Å². The first-order valence-corrected chi connectivity index (χ1v) is 7.29. The third-order valence-electron chi connectivity index (χ3n) is 4.09. The number of nitrogens with two attached hydrogens (primary N) is 1. The van der Waals surface area contributed by atoms with Gasteiger partial charge in [-0.3, -0.25) is 9.79 Å². The Bertz CT molecular complexity index is 550. The van der Waals surface area contributed by atoms with Gasteiger partial charge in [-0.2, -0.15) is 0 Å². The minimum atomic E-state index is -0.878. The van der Waals surface area contributed by atoms with Gasteiger partial charge in [0.2, 0.25) is 5.91 Å². The predicted molar refractivity (Wildman–Crippen MR) is 81.9 cm³/mol. The number of aromatic amines is 1. The number of carbonyl (C=O) groups excluding carboxylic acids is 1. The fourth-order valence-electron chi connectivity index (χ4n) is 2.81. The molecule has 0 saturated heterocycles. The highest BCUT2D eigenvalue weighted by Gasteiger charge is 2.27. The minimum Gasteiger partial charge on any atom is -0.495 e. The molecule has 0 bridgehead atoms. The normalized spacial score (nSPS) is 24.5. The van der Waals surface area contributed by atoms with Gasteiger partial charge in [0.15, 0.2) is 5.88 Å². The van der Waals surface area contributed by atoms with E-state index in [1.165, 1.54) is 12.5 Å². The zero-order valence-electron chi connectivity index (χ0n) is 12.2. The molecule has 0 aliphatic heterocycles. The van der Waals surface area contributed by atoms with E-state index in [-0.39, 0.29) is 11.9 Å². The Kier molecular flexibility index (Phi) is 4.77. The lowest BCUT2D eigenvalue weighted by Crippen LogP contribution is -2.34. The molecule has 3 unspecified atom stereocenters. The number of nitrogens with one attached hydrogen (secondary N) is 2. The van der Waals surface area contributed by atoms with Crippen molar-refractivity contribution in [3.8, 4) is 5.88 Å². The first-order chi connectivity index (χ1) is 10.0. The van der Waals surface area contributed by atoms with Crippen LogP contribution in [-0.4, -0.2) is 34.0 Å². The molecule has 1 fully saturated rings. The van der Waals surface area contributed by atoms with Crippen LogP contribution in [0.15, 0.2) is 17.1 Å². The molecule has 1 aliphatic rings. The molecule has 1 saturated carbocycles. The standard InChI is InChI=1S/C15H22N4O2/c1-9-4-2-3-5-11(9)19-14(10(8-16)15(17)21)12-6-7-13(20)18-12/h6-11,16,18,20H,2-5H2,1H3,(H2,17,21). The number of amides is 1. The first kappa shape index (κ1) is 15.3. The van der Waals surface area contributed by atoms with E-state index >= 15 is 0 Å². The number of rotatable bonds is 5. The van der Waals surface area contributed by atoms with E-state index in [2.05, 4.69) is 11.9 Å². The molecule has 1 aromatic heterocycles. The monoisotopic (exact) mass is 290 g/mol. The van der Waals surface area contributed by atoms with Crippen LogP contribution >= 0.6 is 0 Å². The van der Waals surface area contributed by atoms with Crippen molar-refractivity contribution in [2.45, 2.75) is 38.6 Å². The Labute approximate surface area is 124 Å². The van der Waals surface area contributed by atoms with Crippen molar-refractivity contribution in [2.24, 2.45) is 22.6 Å². The lowest BCUT2D eigenvalue weighted by atomic mass is 9.86. The average molecular weight is 290 g/mol. The van der Waals surface area contributed by atoms with Gasteiger partial charge in [-0.15, -0.1) is 0 Å². The number of aromatic nitrogens is 1. The summed E-state index contributed by atoms with van der Waals surface area (Å²) in [5.41, 5.74) is 6.37. The average Bonchev–Trinajstić information content (AvgIpc) is 2.87. The number of aliphatic imine (C=N–C) groups is 1. The van der Waals surface area contributed by atoms with Crippen LogP contribution in [-0.2, 0) is 4.79 Å². The Hall–Kier alpha value is -2.11. The van der Waals surface area contributed by atoms with E-state index in [4.69, 9.17) is 16.1 Å². The van der Waals surface area contributed by atoms with Gasteiger partial charge in [-0.25, -0.2) is 0 Å². The Balaban J connectivity index is 2.39. The van der Waals surface area contributed by atoms with Crippen molar-refractivity contribution in [3.63, 3.8) is 0 Å². The summed E-state index contributed by atoms with van der Waals surface area (Å²) in [5.74, 6) is -1.04. The third-order valence-corrected chi connectivity index (χ3v) is 4.09. The predicted octanol–water partition coefficient (Wildman–Crippen LogP) is 1.84. The molecule has 21 heavy (non-hydrogen) atoms. The van der Waals surface area contributed by atoms with E-state index in [0.29, 0.717) is 17.3 Å². The Morgan fingerprint density at radius 2 is 2.24 bits per heavy atom. The third kappa shape index (κ3) is 3.51. The molecule has 114 valence electrons. The number of aromatic hydroxyl groups is 1. The summed E-state index contributed by atoms with van der Waals surface area (Å²) in [6.07, 6.45) is 5.42. The molecule has 5 N–H and O–H groups in total. The molecule has 1 aliphatic carbocycles. The van der Waals surface area contributed by atoms with Gasteiger partial charge in [0.1, 0.15) is 5.92 Å². The first-order valence-electron chi connectivity index (χ1n) is 7.29. The number of H-pyrrole nitrogens is 1. The van der Waals surface area contributed by atoms with E-state index < -0.39 is 11.8 Å². The fourth-order valence-corrected chi connectivity index (χ4v) is 2.81. The summed E-state index contributed by atoms with van der Waals surface area (Å²) in [6.45, 7) is 2.15. The maximum Gasteiger partial charge on any atom is 0.232 e. The second kappa shape index (κ2) is 6.56. The summed E-state index contributed by atoms with van der Waals surface area (Å²) in [4.78, 5) is 19.1. The summed E-state index contributed by atoms with van der Waals surface area (Å²) in [7, 11) is 0. The van der Waals surface area contributed by atoms with Crippen LogP contribution < -0.4 is 5.73 Å². The smallest absolute Gasteiger partial charge is 0.232 e. The summed E-state index contributed by atoms with van der Waals surface area (Å²) < 4.78 is 0. The highest BCUT2D eigenvalue weighted by molar-refractivity contribution is 6.20. The lowest BCUT2D eigenvalue weighted by molar-refractivity contribution is -0.118. The second-order valence-corrected chi connectivity index (χ2v) is 5.65. The van der Waals surface area contributed by atoms with E-state index in [9.17, 15) is 9.90 Å². The molecule has 3 atom stereocenters. The second-order valence-electron chi connectivity index (χ2n) is 5.65. The van der Waals surface area contributed by atoms with Crippen LogP contribution in [0.4, 0.5) is 0 Å². The molecule has 2 rings (SSSR count). The van der Waals surface area contributed by atoms with Crippen LogP contribution in [0, 0.1) is 17.2 Å². The van der Waals surface area contributed by atoms with Crippen LogP contribution in [0.25, 0.3) is 0 Å². The van der Waals surface area contributed by atoms with Gasteiger partial charge in [0.05, 0.1) is 17.4 Å². The highest BCUT2D eigenvalue weighted by atomic mass is 16.3. The molecule has 1 amide bonds. The maximum absolute atomic E-state index is 11.6. The zero-order valence-corrected chi connectivity index (χ0v) is 12.2. The topological polar surface area (TPSA) is 115 Å². The van der Waals surface area contributed by atoms with Crippen LogP contribution in [0.5, 0.6) is 5.88 Å². The van der Waals surface area contributed by atoms with Crippen molar-refractivity contribution >= 4 is 17.8 Å². The number of primary amides is 1. The molecular formula is C15H22N4O2. The summed E-state index contributed by atoms with van der Waals surface area (Å²) in [5, 5.41) is 16.9. The Morgan fingerprint density at radius 1 is 1.52 bits per heavy atom. The molecule has 0 aromatic carbocycles. The zero-order chi connectivity index (χ0) is 15.4. The lowest BCUT2D eigenvalue weighted by Gasteiger charge is -2.27. The molecular weight excluding hydrogens is 268 g/mol. The van der Waals surface area contributed by atoms with E-state index in [0.717, 1.165) is 25.5 Å². The van der Waals surface area contributed by atoms with Crippen LogP contribution in [0.1, 0.15) is 38.3 Å². The largest absolute Gasteiger partial charge is 0.495 e. The van der Waals surface area contributed by atoms with Crippen molar-refractivity contribution in [1.82, 2.24) is 4.98 Å². The van der Waals surface area contributed by atoms with Gasteiger partial charge in [0.25, 0.3) is 0 Å². The highest BCUT2D eigenvalue weighted by Crippen LogP contribution is 2.27. The van der Waals surface area contributed by atoms with Gasteiger partial charge in [-0.1, -0.05) is 19.8 Å². The molecule has 6 heteroatoms. The Morgan fingerprint density at radius 3 is 2.76 bits per heavy atom. The quantitative estimate of drug-likeness (QED) is 0.619. The van der Waals surface area contributed by atoms with Gasteiger partial charge >= 0.3 is 0 Å². The van der Waals surface area contributed by atoms with E-state index in [1.807, 2.05) is 0 Å². The molecule has 1 heterocycles. The van der Waals surface area contributed by atoms with Crippen molar-refractivity contribution < 1.29 is 9.90 Å². The van der Waals surface area contributed by atoms with Crippen molar-refractivity contribution in [1.29, 1.82) is 5.41 Å². The molecule has 0 radical (unpaired) electrons. The van der Waals surface area contributed by atoms with Crippen LogP contribution in [0.3, 0.4) is 0 Å². The fraction of sp³-hybridized carbons (Fsp3) is 0.533. The van der Waals surface area contributed by atoms with Gasteiger partial charge < -0.3 is 21.2 Å². The number of hydrogen-bond acceptors (Lipinski definition) is 4. The van der Waals surface area contributed by atoms with Gasteiger partial charge in [0, 0.05) is 12.3 Å². The number of hydrogen-bond donors (Lipinski definition) is 4. The molecule has 0 spiro atoms. The van der Waals surface area contributed by atoms with Crippen molar-refractivity contribution in [2.75, 3.05) is 0 Å². The van der Waals surface area contributed by atoms with Gasteiger partial charge in [-0.05, 0) is 24.8 Å². The number of nitrogens with zero attached hydrogens (tertiary/aromatic N) is 1. The van der Waals surface area contributed by atoms with Crippen LogP contribution in [0.2, 0.25) is 0 Å². The molecule has 6 nitrogen and oxygen atoms in total. The minimum absolute atomic E-state index is 0.00240. The maximum atomic E-state index is 11.6. The summed E-state index contributed by atoms with van der Waals surface area (Å²) >= 11 is 0. The SMILES string of the molecule is CC1CCCCC1N=C(c1ccc(O)[nH]1)C(C=N)C(N)=O. The summed E-state index contributed by atoms with van der Waals surface area (Å²) in [6, 6.07) is 3.28. The van der Waals surface area contributed by atoms with E-state index in [1.54, 1.807) is 6.07 Å². The molecule has 1 aromatic rings. The number of carbonyl (C=O) groups is 1.